The zero-order chi connectivity index (χ0) is 15.8. The average Bonchev–Trinajstić information content (AvgIpc) is 2.52. The quantitative estimate of drug-likeness (QED) is 0.782. The highest BCUT2D eigenvalue weighted by Gasteiger charge is 2.30. The molecule has 0 aliphatic heterocycles. The second-order valence-electron chi connectivity index (χ2n) is 4.92. The van der Waals surface area contributed by atoms with E-state index in [4.69, 9.17) is 9.47 Å². The highest BCUT2D eigenvalue weighted by atomic mass is 16.5. The van der Waals surface area contributed by atoms with Crippen LogP contribution in [-0.2, 0) is 19.1 Å². The molecule has 0 spiro atoms. The fourth-order valence-electron chi connectivity index (χ4n) is 2.05. The Kier molecular flexibility index (Phi) is 6.88. The highest BCUT2D eigenvalue weighted by Crippen LogP contribution is 2.18. The maximum absolute atomic E-state index is 12.4. The normalized spacial score (nSPS) is 14.9. The molecule has 0 radical (unpaired) electrons. The maximum atomic E-state index is 12.4. The summed E-state index contributed by atoms with van der Waals surface area (Å²) in [5, 5.41) is 2.73. The SMILES string of the molecule is CC[C@@H](C)[C@@H](NC(=O)[C@H](OC)c1ccccc1)C(=O)OC. The molecule has 0 fully saturated rings. The molecular weight excluding hydrogens is 270 g/mol. The van der Waals surface area contributed by atoms with Crippen LogP contribution in [0.15, 0.2) is 30.3 Å². The monoisotopic (exact) mass is 293 g/mol. The van der Waals surface area contributed by atoms with Crippen LogP contribution in [0.3, 0.4) is 0 Å². The lowest BCUT2D eigenvalue weighted by Crippen LogP contribution is -2.47. The molecule has 3 atom stereocenters. The predicted molar refractivity (Wildman–Crippen MR) is 79.6 cm³/mol. The van der Waals surface area contributed by atoms with Crippen LogP contribution in [0.4, 0.5) is 0 Å². The number of carbonyl (C=O) groups excluding carboxylic acids is 2. The van der Waals surface area contributed by atoms with Gasteiger partial charge in [-0.15, -0.1) is 0 Å². The van der Waals surface area contributed by atoms with Crippen LogP contribution in [0.2, 0.25) is 0 Å². The van der Waals surface area contributed by atoms with Crippen molar-refractivity contribution in [1.29, 1.82) is 0 Å². The molecule has 0 bridgehead atoms. The molecular formula is C16H23NO4. The zero-order valence-corrected chi connectivity index (χ0v) is 13.0. The number of rotatable bonds is 7. The topological polar surface area (TPSA) is 64.6 Å². The molecule has 5 heteroatoms. The number of amides is 1. The first-order valence-corrected chi connectivity index (χ1v) is 7.01. The summed E-state index contributed by atoms with van der Waals surface area (Å²) in [6.07, 6.45) is 0.00524. The molecule has 0 unspecified atom stereocenters. The van der Waals surface area contributed by atoms with Gasteiger partial charge in [-0.1, -0.05) is 50.6 Å². The van der Waals surface area contributed by atoms with E-state index in [0.717, 1.165) is 12.0 Å². The van der Waals surface area contributed by atoms with Gasteiger partial charge in [-0.05, 0) is 11.5 Å². The van der Waals surface area contributed by atoms with Crippen molar-refractivity contribution in [2.45, 2.75) is 32.4 Å². The molecule has 1 aromatic rings. The van der Waals surface area contributed by atoms with Gasteiger partial charge in [0.05, 0.1) is 7.11 Å². The molecule has 1 N–H and O–H groups in total. The van der Waals surface area contributed by atoms with Crippen molar-refractivity contribution in [3.63, 3.8) is 0 Å². The summed E-state index contributed by atoms with van der Waals surface area (Å²) in [5.41, 5.74) is 0.741. The van der Waals surface area contributed by atoms with Crippen molar-refractivity contribution >= 4 is 11.9 Å². The van der Waals surface area contributed by atoms with Gasteiger partial charge in [0.15, 0.2) is 6.10 Å². The lowest BCUT2D eigenvalue weighted by atomic mass is 9.98. The van der Waals surface area contributed by atoms with E-state index in [0.29, 0.717) is 0 Å². The first-order valence-electron chi connectivity index (χ1n) is 7.01. The van der Waals surface area contributed by atoms with Gasteiger partial charge >= 0.3 is 5.97 Å². The number of nitrogens with one attached hydrogen (secondary N) is 1. The molecule has 0 aliphatic rings. The molecule has 1 aromatic carbocycles. The number of hydrogen-bond donors (Lipinski definition) is 1. The van der Waals surface area contributed by atoms with E-state index in [1.165, 1.54) is 14.2 Å². The van der Waals surface area contributed by atoms with E-state index in [9.17, 15) is 9.59 Å². The second kappa shape index (κ2) is 8.42. The van der Waals surface area contributed by atoms with E-state index in [1.54, 1.807) is 0 Å². The molecule has 116 valence electrons. The Labute approximate surface area is 125 Å². The molecule has 0 saturated carbocycles. The summed E-state index contributed by atoms with van der Waals surface area (Å²) in [6.45, 7) is 3.85. The van der Waals surface area contributed by atoms with E-state index in [-0.39, 0.29) is 11.8 Å². The summed E-state index contributed by atoms with van der Waals surface area (Å²) >= 11 is 0. The molecule has 0 saturated heterocycles. The molecule has 0 aliphatic carbocycles. The Hall–Kier alpha value is -1.88. The van der Waals surface area contributed by atoms with Crippen molar-refractivity contribution in [3.8, 4) is 0 Å². The summed E-state index contributed by atoms with van der Waals surface area (Å²) in [7, 11) is 2.78. The van der Waals surface area contributed by atoms with Crippen molar-refractivity contribution in [3.05, 3.63) is 35.9 Å². The van der Waals surface area contributed by atoms with Gasteiger partial charge < -0.3 is 14.8 Å². The Bertz CT molecular complexity index is 461. The van der Waals surface area contributed by atoms with Crippen LogP contribution in [0.5, 0.6) is 0 Å². The third kappa shape index (κ3) is 4.56. The Balaban J connectivity index is 2.87. The summed E-state index contributed by atoms with van der Waals surface area (Å²) in [5.74, 6) is -0.810. The van der Waals surface area contributed by atoms with Gasteiger partial charge in [-0.3, -0.25) is 4.79 Å². The minimum Gasteiger partial charge on any atom is -0.467 e. The summed E-state index contributed by atoms with van der Waals surface area (Å²) in [6, 6.07) is 8.48. The third-order valence-electron chi connectivity index (χ3n) is 3.54. The number of ether oxygens (including phenoxy) is 2. The molecule has 5 nitrogen and oxygen atoms in total. The standard InChI is InChI=1S/C16H23NO4/c1-5-11(2)13(16(19)21-4)17-15(18)14(20-3)12-9-7-6-8-10-12/h6-11,13-14H,5H2,1-4H3,(H,17,18)/t11-,13-,14-/m1/s1. The summed E-state index contributed by atoms with van der Waals surface area (Å²) < 4.78 is 10.0. The van der Waals surface area contributed by atoms with Crippen LogP contribution in [0, 0.1) is 5.92 Å². The smallest absolute Gasteiger partial charge is 0.328 e. The Morgan fingerprint density at radius 3 is 2.29 bits per heavy atom. The van der Waals surface area contributed by atoms with Gasteiger partial charge in [-0.2, -0.15) is 0 Å². The Morgan fingerprint density at radius 2 is 1.81 bits per heavy atom. The van der Waals surface area contributed by atoms with Crippen LogP contribution in [0.1, 0.15) is 31.9 Å². The van der Waals surface area contributed by atoms with Crippen LogP contribution < -0.4 is 5.32 Å². The average molecular weight is 293 g/mol. The minimum atomic E-state index is -0.748. The van der Waals surface area contributed by atoms with Gasteiger partial charge in [0.25, 0.3) is 5.91 Å². The molecule has 1 amide bonds. The number of hydrogen-bond acceptors (Lipinski definition) is 4. The maximum Gasteiger partial charge on any atom is 0.328 e. The number of carbonyl (C=O) groups is 2. The van der Waals surface area contributed by atoms with Crippen molar-refractivity contribution in [2.75, 3.05) is 14.2 Å². The minimum absolute atomic E-state index is 0.0188. The number of esters is 1. The van der Waals surface area contributed by atoms with Crippen LogP contribution in [0.25, 0.3) is 0 Å². The van der Waals surface area contributed by atoms with Crippen LogP contribution >= 0.6 is 0 Å². The van der Waals surface area contributed by atoms with E-state index in [1.807, 2.05) is 44.2 Å². The van der Waals surface area contributed by atoms with E-state index >= 15 is 0 Å². The molecule has 0 aromatic heterocycles. The van der Waals surface area contributed by atoms with E-state index in [2.05, 4.69) is 5.32 Å². The second-order valence-corrected chi connectivity index (χ2v) is 4.92. The van der Waals surface area contributed by atoms with Crippen molar-refractivity contribution in [2.24, 2.45) is 5.92 Å². The first kappa shape index (κ1) is 17.2. The number of methoxy groups -OCH3 is 2. The van der Waals surface area contributed by atoms with Crippen molar-refractivity contribution < 1.29 is 19.1 Å². The third-order valence-corrected chi connectivity index (χ3v) is 3.54. The lowest BCUT2D eigenvalue weighted by molar-refractivity contribution is -0.148. The molecule has 1 rings (SSSR count). The lowest BCUT2D eigenvalue weighted by Gasteiger charge is -2.24. The molecule has 0 heterocycles. The van der Waals surface area contributed by atoms with Gasteiger partial charge in [-0.25, -0.2) is 4.79 Å². The fourth-order valence-corrected chi connectivity index (χ4v) is 2.05. The molecule has 21 heavy (non-hydrogen) atoms. The predicted octanol–water partition coefficient (Wildman–Crippen LogP) is 2.08. The first-order chi connectivity index (χ1) is 10.0. The van der Waals surface area contributed by atoms with Gasteiger partial charge in [0.1, 0.15) is 6.04 Å². The number of benzene rings is 1. The highest BCUT2D eigenvalue weighted by molar-refractivity contribution is 5.87. The zero-order valence-electron chi connectivity index (χ0n) is 13.0. The summed E-state index contributed by atoms with van der Waals surface area (Å²) in [4.78, 5) is 24.2. The van der Waals surface area contributed by atoms with E-state index < -0.39 is 18.1 Å². The van der Waals surface area contributed by atoms with Crippen LogP contribution in [-0.4, -0.2) is 32.1 Å². The van der Waals surface area contributed by atoms with Gasteiger partial charge in [0, 0.05) is 7.11 Å². The Morgan fingerprint density at radius 1 is 1.19 bits per heavy atom. The fraction of sp³-hybridized carbons (Fsp3) is 0.500. The van der Waals surface area contributed by atoms with Gasteiger partial charge in [0.2, 0.25) is 0 Å². The van der Waals surface area contributed by atoms with Crippen molar-refractivity contribution in [1.82, 2.24) is 5.32 Å². The largest absolute Gasteiger partial charge is 0.467 e.